The fourth-order valence-corrected chi connectivity index (χ4v) is 3.98. The second-order valence-corrected chi connectivity index (χ2v) is 9.12. The summed E-state index contributed by atoms with van der Waals surface area (Å²) in [6.07, 6.45) is 0.839. The average molecular weight is 561 g/mol. The number of ether oxygens (including phenoxy) is 1. The quantitative estimate of drug-likeness (QED) is 0.201. The Morgan fingerprint density at radius 2 is 1.71 bits per heavy atom. The molecule has 0 saturated heterocycles. The van der Waals surface area contributed by atoms with Gasteiger partial charge in [-0.25, -0.2) is 8.42 Å². The molecule has 2 aromatic rings. The molecule has 7 nitrogen and oxygen atoms in total. The summed E-state index contributed by atoms with van der Waals surface area (Å²) in [5, 5.41) is 6.48. The van der Waals surface area contributed by atoms with Crippen LogP contribution in [0.4, 0.5) is 0 Å². The van der Waals surface area contributed by atoms with E-state index in [9.17, 15) is 8.42 Å². The number of para-hydroxylation sites is 1. The van der Waals surface area contributed by atoms with Crippen LogP contribution >= 0.6 is 24.0 Å². The van der Waals surface area contributed by atoms with Crippen molar-refractivity contribution in [2.45, 2.75) is 37.8 Å². The van der Waals surface area contributed by atoms with Crippen LogP contribution in [0.25, 0.3) is 0 Å². The van der Waals surface area contributed by atoms with Gasteiger partial charge in [0.05, 0.1) is 11.5 Å². The Morgan fingerprint density at radius 3 is 2.29 bits per heavy atom. The molecule has 0 amide bonds. The molecule has 2 N–H and O–H groups in total. The molecule has 172 valence electrons. The van der Waals surface area contributed by atoms with Crippen LogP contribution in [0, 0.1) is 0 Å². The molecule has 0 heterocycles. The van der Waals surface area contributed by atoms with Gasteiger partial charge < -0.3 is 15.4 Å². The van der Waals surface area contributed by atoms with Crippen LogP contribution in [0.5, 0.6) is 5.75 Å². The lowest BCUT2D eigenvalue weighted by molar-refractivity contribution is 0.311. The minimum absolute atomic E-state index is 0. The van der Waals surface area contributed by atoms with Crippen LogP contribution in [-0.4, -0.2) is 52.0 Å². The van der Waals surface area contributed by atoms with Gasteiger partial charge in [-0.15, -0.1) is 24.0 Å². The Kier molecular flexibility index (Phi) is 11.9. The molecule has 0 atom stereocenters. The largest absolute Gasteiger partial charge is 0.494 e. The van der Waals surface area contributed by atoms with Crippen LogP contribution in [-0.2, 0) is 16.6 Å². The van der Waals surface area contributed by atoms with Gasteiger partial charge >= 0.3 is 0 Å². The molecular formula is C22H33IN4O3S. The van der Waals surface area contributed by atoms with Crippen molar-refractivity contribution in [1.29, 1.82) is 0 Å². The first-order valence-corrected chi connectivity index (χ1v) is 11.5. The van der Waals surface area contributed by atoms with E-state index < -0.39 is 10.0 Å². The monoisotopic (exact) mass is 560 g/mol. The number of nitrogens with zero attached hydrogens (tertiary/aromatic N) is 2. The number of guanidine groups is 1. The highest BCUT2D eigenvalue weighted by atomic mass is 127. The number of nitrogens with one attached hydrogen (secondary N) is 2. The SMILES string of the molecule is CN=C(NCCCOc1ccccc1)NCc1ccc(S(=O)(=O)N(C)C(C)C)cc1.I. The molecule has 0 aromatic heterocycles. The zero-order chi connectivity index (χ0) is 22.0. The number of halogens is 1. The Balaban J connectivity index is 0.00000480. The maximum absolute atomic E-state index is 12.5. The highest BCUT2D eigenvalue weighted by molar-refractivity contribution is 14.0. The molecule has 9 heteroatoms. The van der Waals surface area contributed by atoms with Crippen LogP contribution in [0.3, 0.4) is 0 Å². The summed E-state index contributed by atoms with van der Waals surface area (Å²) in [5.74, 6) is 1.55. The van der Waals surface area contributed by atoms with Gasteiger partial charge in [0.25, 0.3) is 0 Å². The van der Waals surface area contributed by atoms with Crippen molar-refractivity contribution >= 4 is 40.0 Å². The predicted molar refractivity (Wildman–Crippen MR) is 137 cm³/mol. The molecule has 0 saturated carbocycles. The molecule has 0 aliphatic carbocycles. The Hall–Kier alpha value is -1.85. The molecule has 2 aromatic carbocycles. The van der Waals surface area contributed by atoms with Gasteiger partial charge in [-0.1, -0.05) is 30.3 Å². The highest BCUT2D eigenvalue weighted by Crippen LogP contribution is 2.17. The lowest BCUT2D eigenvalue weighted by Crippen LogP contribution is -2.37. The Labute approximate surface area is 203 Å². The molecule has 0 aliphatic rings. The van der Waals surface area contributed by atoms with E-state index in [0.717, 1.165) is 24.3 Å². The van der Waals surface area contributed by atoms with E-state index in [1.165, 1.54) is 4.31 Å². The molecule has 0 aliphatic heterocycles. The first-order chi connectivity index (χ1) is 14.3. The van der Waals surface area contributed by atoms with Crippen molar-refractivity contribution in [3.05, 3.63) is 60.2 Å². The van der Waals surface area contributed by atoms with Crippen LogP contribution < -0.4 is 15.4 Å². The molecular weight excluding hydrogens is 527 g/mol. The Morgan fingerprint density at radius 1 is 1.06 bits per heavy atom. The lowest BCUT2D eigenvalue weighted by atomic mass is 10.2. The summed E-state index contributed by atoms with van der Waals surface area (Å²) in [6.45, 7) is 5.59. The fraction of sp³-hybridized carbons (Fsp3) is 0.409. The van der Waals surface area contributed by atoms with Crippen molar-refractivity contribution in [2.24, 2.45) is 4.99 Å². The zero-order valence-electron chi connectivity index (χ0n) is 18.5. The smallest absolute Gasteiger partial charge is 0.243 e. The average Bonchev–Trinajstić information content (AvgIpc) is 2.76. The van der Waals surface area contributed by atoms with E-state index >= 15 is 0 Å². The van der Waals surface area contributed by atoms with Gasteiger partial charge in [0, 0.05) is 33.2 Å². The first-order valence-electron chi connectivity index (χ1n) is 10.0. The molecule has 0 radical (unpaired) electrons. The molecule has 0 spiro atoms. The minimum atomic E-state index is -3.46. The standard InChI is InChI=1S/C22H32N4O3S.HI/c1-18(2)26(4)30(27,28)21-13-11-19(12-14-21)17-25-22(23-3)24-15-8-16-29-20-9-6-5-7-10-20;/h5-7,9-14,18H,8,15-17H2,1-4H3,(H2,23,24,25);1H. The molecule has 0 fully saturated rings. The topological polar surface area (TPSA) is 83.0 Å². The molecule has 2 rings (SSSR count). The number of hydrogen-bond acceptors (Lipinski definition) is 4. The number of rotatable bonds is 10. The third-order valence-electron chi connectivity index (χ3n) is 4.64. The maximum Gasteiger partial charge on any atom is 0.243 e. The number of aliphatic imine (C=N–C) groups is 1. The molecule has 31 heavy (non-hydrogen) atoms. The van der Waals surface area contributed by atoms with Crippen LogP contribution in [0.15, 0.2) is 64.5 Å². The van der Waals surface area contributed by atoms with E-state index in [-0.39, 0.29) is 30.0 Å². The second-order valence-electron chi connectivity index (χ2n) is 7.13. The summed E-state index contributed by atoms with van der Waals surface area (Å²) in [5.41, 5.74) is 0.969. The summed E-state index contributed by atoms with van der Waals surface area (Å²) in [4.78, 5) is 4.50. The lowest BCUT2D eigenvalue weighted by Gasteiger charge is -2.21. The van der Waals surface area contributed by atoms with Crippen molar-refractivity contribution < 1.29 is 13.2 Å². The zero-order valence-corrected chi connectivity index (χ0v) is 21.7. The summed E-state index contributed by atoms with van der Waals surface area (Å²) >= 11 is 0. The van der Waals surface area contributed by atoms with Gasteiger partial charge in [0.1, 0.15) is 5.75 Å². The normalized spacial score (nSPS) is 11.9. The van der Waals surface area contributed by atoms with E-state index in [2.05, 4.69) is 15.6 Å². The summed E-state index contributed by atoms with van der Waals surface area (Å²) < 4.78 is 32.1. The third kappa shape index (κ3) is 8.66. The van der Waals surface area contributed by atoms with Gasteiger partial charge in [-0.2, -0.15) is 4.31 Å². The van der Waals surface area contributed by atoms with Crippen LogP contribution in [0.1, 0.15) is 25.8 Å². The number of sulfonamides is 1. The van der Waals surface area contributed by atoms with Gasteiger partial charge in [0.2, 0.25) is 10.0 Å². The molecule has 0 bridgehead atoms. The van der Waals surface area contributed by atoms with Crippen molar-refractivity contribution in [1.82, 2.24) is 14.9 Å². The van der Waals surface area contributed by atoms with E-state index in [4.69, 9.17) is 4.74 Å². The highest BCUT2D eigenvalue weighted by Gasteiger charge is 2.22. The maximum atomic E-state index is 12.5. The summed E-state index contributed by atoms with van der Waals surface area (Å²) in [7, 11) is -0.155. The third-order valence-corrected chi connectivity index (χ3v) is 6.68. The summed E-state index contributed by atoms with van der Waals surface area (Å²) in [6, 6.07) is 16.5. The van der Waals surface area contributed by atoms with Gasteiger partial charge in [-0.05, 0) is 50.1 Å². The van der Waals surface area contributed by atoms with Crippen LogP contribution in [0.2, 0.25) is 0 Å². The first kappa shape index (κ1) is 27.2. The Bertz CT molecular complexity index is 904. The van der Waals surface area contributed by atoms with E-state index in [0.29, 0.717) is 24.0 Å². The van der Waals surface area contributed by atoms with Gasteiger partial charge in [0.15, 0.2) is 5.96 Å². The van der Waals surface area contributed by atoms with Crippen molar-refractivity contribution in [2.75, 3.05) is 27.2 Å². The second kappa shape index (κ2) is 13.5. The molecule has 0 unspecified atom stereocenters. The fourth-order valence-electron chi connectivity index (χ4n) is 2.62. The van der Waals surface area contributed by atoms with E-state index in [1.54, 1.807) is 26.2 Å². The number of benzene rings is 2. The minimum Gasteiger partial charge on any atom is -0.494 e. The predicted octanol–water partition coefficient (Wildman–Crippen LogP) is 3.47. The van der Waals surface area contributed by atoms with E-state index in [1.807, 2.05) is 56.3 Å². The van der Waals surface area contributed by atoms with Crippen molar-refractivity contribution in [3.63, 3.8) is 0 Å². The van der Waals surface area contributed by atoms with Crippen molar-refractivity contribution in [3.8, 4) is 5.75 Å². The number of hydrogen-bond donors (Lipinski definition) is 2. The van der Waals surface area contributed by atoms with Gasteiger partial charge in [-0.3, -0.25) is 4.99 Å².